The molecule has 1 aliphatic heterocycles. The Labute approximate surface area is 174 Å². The molecule has 0 radical (unpaired) electrons. The summed E-state index contributed by atoms with van der Waals surface area (Å²) in [5, 5.41) is 9.67. The average molecular weight is 408 g/mol. The summed E-state index contributed by atoms with van der Waals surface area (Å²) in [5.41, 5.74) is 3.37. The fourth-order valence-electron chi connectivity index (χ4n) is 3.82. The van der Waals surface area contributed by atoms with Crippen LogP contribution in [0.3, 0.4) is 0 Å². The zero-order chi connectivity index (χ0) is 21.3. The normalized spacial score (nSPS) is 14.2. The quantitative estimate of drug-likeness (QED) is 0.698. The van der Waals surface area contributed by atoms with Gasteiger partial charge in [-0.25, -0.2) is 9.78 Å². The molecular weight excluding hydrogens is 384 g/mol. The van der Waals surface area contributed by atoms with E-state index in [2.05, 4.69) is 9.88 Å². The maximum Gasteiger partial charge on any atom is 0.372 e. The second kappa shape index (κ2) is 8.06. The van der Waals surface area contributed by atoms with Crippen molar-refractivity contribution in [3.8, 4) is 5.75 Å². The van der Waals surface area contributed by atoms with E-state index < -0.39 is 5.97 Å². The number of aromatic carboxylic acids is 1. The first-order chi connectivity index (χ1) is 14.5. The highest BCUT2D eigenvalue weighted by molar-refractivity contribution is 5.91. The van der Waals surface area contributed by atoms with E-state index in [0.29, 0.717) is 25.2 Å². The van der Waals surface area contributed by atoms with E-state index in [-0.39, 0.29) is 11.7 Å². The smallest absolute Gasteiger partial charge is 0.372 e. The first-order valence-electron chi connectivity index (χ1n) is 9.83. The molecule has 0 bridgehead atoms. The molecule has 156 valence electrons. The first-order valence-corrected chi connectivity index (χ1v) is 9.83. The number of aromatic nitrogens is 2. The van der Waals surface area contributed by atoms with Crippen molar-refractivity contribution < 1.29 is 19.4 Å². The van der Waals surface area contributed by atoms with Gasteiger partial charge in [0, 0.05) is 45.3 Å². The summed E-state index contributed by atoms with van der Waals surface area (Å²) >= 11 is 0. The highest BCUT2D eigenvalue weighted by Crippen LogP contribution is 2.26. The second-order valence-electron chi connectivity index (χ2n) is 7.34. The summed E-state index contributed by atoms with van der Waals surface area (Å²) in [7, 11) is 1.61. The third-order valence-electron chi connectivity index (χ3n) is 5.51. The van der Waals surface area contributed by atoms with Gasteiger partial charge < -0.3 is 24.2 Å². The van der Waals surface area contributed by atoms with E-state index in [0.717, 1.165) is 35.6 Å². The number of amides is 1. The molecular formula is C22H24N4O4. The average Bonchev–Trinajstić information content (AvgIpc) is 3.12. The van der Waals surface area contributed by atoms with E-state index in [1.165, 1.54) is 0 Å². The molecule has 4 rings (SSSR count). The Balaban J connectivity index is 1.67. The van der Waals surface area contributed by atoms with Gasteiger partial charge >= 0.3 is 5.97 Å². The van der Waals surface area contributed by atoms with Crippen LogP contribution in [0.15, 0.2) is 42.5 Å². The standard InChI is InChI=1S/C22H24N4O4/c1-15(27)24-9-11-25(12-10-24)17-5-8-19-20(13-17)26(21(23-19)22(28)29)14-16-3-6-18(30-2)7-4-16/h3-8,13H,9-12,14H2,1-2H3,(H,28,29). The highest BCUT2D eigenvalue weighted by atomic mass is 16.5. The number of rotatable bonds is 5. The van der Waals surface area contributed by atoms with Crippen LogP contribution in [0.5, 0.6) is 5.75 Å². The fraction of sp³-hybridized carbons (Fsp3) is 0.318. The second-order valence-corrected chi connectivity index (χ2v) is 7.34. The van der Waals surface area contributed by atoms with Crippen molar-refractivity contribution >= 4 is 28.6 Å². The number of carbonyl (C=O) groups is 2. The third kappa shape index (κ3) is 3.80. The minimum absolute atomic E-state index is 0.0133. The molecule has 3 aromatic rings. The lowest BCUT2D eigenvalue weighted by atomic mass is 10.2. The number of imidazole rings is 1. The summed E-state index contributed by atoms with van der Waals surface area (Å²) in [6.07, 6.45) is 0. The van der Waals surface area contributed by atoms with Crippen LogP contribution in [-0.4, -0.2) is 64.7 Å². The molecule has 0 spiro atoms. The monoisotopic (exact) mass is 408 g/mol. The lowest BCUT2D eigenvalue weighted by molar-refractivity contribution is -0.129. The van der Waals surface area contributed by atoms with Gasteiger partial charge in [0.1, 0.15) is 5.75 Å². The first kappa shape index (κ1) is 19.8. The maximum absolute atomic E-state index is 11.8. The molecule has 1 aromatic heterocycles. The minimum Gasteiger partial charge on any atom is -0.497 e. The van der Waals surface area contributed by atoms with Crippen LogP contribution in [0.25, 0.3) is 11.0 Å². The number of benzene rings is 2. The molecule has 1 saturated heterocycles. The Hall–Kier alpha value is -3.55. The van der Waals surface area contributed by atoms with Gasteiger partial charge in [0.2, 0.25) is 11.7 Å². The number of hydrogen-bond donors (Lipinski definition) is 1. The molecule has 1 aliphatic rings. The summed E-state index contributed by atoms with van der Waals surface area (Å²) < 4.78 is 6.93. The number of carbonyl (C=O) groups excluding carboxylic acids is 1. The summed E-state index contributed by atoms with van der Waals surface area (Å²) in [5.74, 6) is -0.204. The molecule has 1 amide bonds. The third-order valence-corrected chi connectivity index (χ3v) is 5.51. The Morgan fingerprint density at radius 3 is 2.37 bits per heavy atom. The molecule has 0 atom stereocenters. The Bertz CT molecular complexity index is 1080. The number of fused-ring (bicyclic) bond motifs is 1. The Morgan fingerprint density at radius 2 is 1.77 bits per heavy atom. The number of anilines is 1. The Morgan fingerprint density at radius 1 is 1.07 bits per heavy atom. The van der Waals surface area contributed by atoms with Gasteiger partial charge in [-0.05, 0) is 35.9 Å². The number of hydrogen-bond acceptors (Lipinski definition) is 5. The van der Waals surface area contributed by atoms with Crippen molar-refractivity contribution in [2.24, 2.45) is 0 Å². The SMILES string of the molecule is COc1ccc(Cn2c(C(=O)O)nc3ccc(N4CCN(C(C)=O)CC4)cc32)cc1. The van der Waals surface area contributed by atoms with Gasteiger partial charge in [0.15, 0.2) is 0 Å². The summed E-state index contributed by atoms with van der Waals surface area (Å²) in [6.45, 7) is 4.82. The lowest BCUT2D eigenvalue weighted by Gasteiger charge is -2.35. The van der Waals surface area contributed by atoms with Gasteiger partial charge in [-0.1, -0.05) is 12.1 Å². The zero-order valence-electron chi connectivity index (χ0n) is 17.0. The van der Waals surface area contributed by atoms with Gasteiger partial charge in [0.05, 0.1) is 18.1 Å². The van der Waals surface area contributed by atoms with Gasteiger partial charge in [0.25, 0.3) is 0 Å². The molecule has 1 N–H and O–H groups in total. The van der Waals surface area contributed by atoms with Crippen LogP contribution in [0.4, 0.5) is 5.69 Å². The largest absolute Gasteiger partial charge is 0.497 e. The number of methoxy groups -OCH3 is 1. The van der Waals surface area contributed by atoms with E-state index in [1.54, 1.807) is 18.6 Å². The topological polar surface area (TPSA) is 87.9 Å². The van der Waals surface area contributed by atoms with Crippen LogP contribution in [0, 0.1) is 0 Å². The summed E-state index contributed by atoms with van der Waals surface area (Å²) in [4.78, 5) is 31.8. The number of piperazine rings is 1. The van der Waals surface area contributed by atoms with Crippen LogP contribution < -0.4 is 9.64 Å². The van der Waals surface area contributed by atoms with Crippen molar-refractivity contribution in [2.45, 2.75) is 13.5 Å². The molecule has 2 heterocycles. The minimum atomic E-state index is -1.06. The number of nitrogens with zero attached hydrogens (tertiary/aromatic N) is 4. The predicted molar refractivity (Wildman–Crippen MR) is 113 cm³/mol. The molecule has 0 saturated carbocycles. The van der Waals surface area contributed by atoms with Gasteiger partial charge in [-0.2, -0.15) is 0 Å². The van der Waals surface area contributed by atoms with Crippen molar-refractivity contribution in [2.75, 3.05) is 38.2 Å². The number of ether oxygens (including phenoxy) is 1. The van der Waals surface area contributed by atoms with E-state index in [4.69, 9.17) is 4.74 Å². The highest BCUT2D eigenvalue weighted by Gasteiger charge is 2.21. The molecule has 8 nitrogen and oxygen atoms in total. The van der Waals surface area contributed by atoms with Gasteiger partial charge in [-0.3, -0.25) is 4.79 Å². The van der Waals surface area contributed by atoms with Crippen LogP contribution >= 0.6 is 0 Å². The van der Waals surface area contributed by atoms with Crippen LogP contribution in [0.1, 0.15) is 23.1 Å². The Kier molecular flexibility index (Phi) is 5.31. The predicted octanol–water partition coefficient (Wildman–Crippen LogP) is 2.46. The molecule has 2 aromatic carbocycles. The summed E-state index contributed by atoms with van der Waals surface area (Å²) in [6, 6.07) is 13.4. The lowest BCUT2D eigenvalue weighted by Crippen LogP contribution is -2.48. The van der Waals surface area contributed by atoms with Crippen LogP contribution in [0.2, 0.25) is 0 Å². The van der Waals surface area contributed by atoms with Crippen LogP contribution in [-0.2, 0) is 11.3 Å². The van der Waals surface area contributed by atoms with Crippen molar-refractivity contribution in [1.29, 1.82) is 0 Å². The molecule has 0 unspecified atom stereocenters. The van der Waals surface area contributed by atoms with Gasteiger partial charge in [-0.15, -0.1) is 0 Å². The molecule has 0 aliphatic carbocycles. The molecule has 30 heavy (non-hydrogen) atoms. The number of carboxylic acid groups (broad SMARTS) is 1. The fourth-order valence-corrected chi connectivity index (χ4v) is 3.82. The van der Waals surface area contributed by atoms with E-state index >= 15 is 0 Å². The van der Waals surface area contributed by atoms with Crippen molar-refractivity contribution in [1.82, 2.24) is 14.5 Å². The molecule has 8 heteroatoms. The van der Waals surface area contributed by atoms with E-state index in [1.807, 2.05) is 47.4 Å². The van der Waals surface area contributed by atoms with Crippen molar-refractivity contribution in [3.63, 3.8) is 0 Å². The number of carboxylic acids is 1. The van der Waals surface area contributed by atoms with Crippen molar-refractivity contribution in [3.05, 3.63) is 53.9 Å². The van der Waals surface area contributed by atoms with E-state index in [9.17, 15) is 14.7 Å². The maximum atomic E-state index is 11.8. The molecule has 1 fully saturated rings. The zero-order valence-corrected chi connectivity index (χ0v) is 17.0.